The molecule has 1 heterocycles. The van der Waals surface area contributed by atoms with Crippen molar-refractivity contribution in [3.63, 3.8) is 0 Å². The number of carbonyl (C=O) groups excluding carboxylic acids is 1. The van der Waals surface area contributed by atoms with Crippen molar-refractivity contribution in [3.8, 4) is 0 Å². The van der Waals surface area contributed by atoms with Crippen LogP contribution in [-0.4, -0.2) is 37.4 Å². The number of esters is 1. The molecule has 1 atom stereocenters. The van der Waals surface area contributed by atoms with Gasteiger partial charge in [0, 0.05) is 0 Å². The van der Waals surface area contributed by atoms with Gasteiger partial charge in [-0.1, -0.05) is 74.0 Å². The maximum atomic E-state index is 12.9. The molecule has 0 bridgehead atoms. The number of nitrogens with zero attached hydrogens (tertiary/aromatic N) is 1. The number of ether oxygens (including phenoxy) is 2. The summed E-state index contributed by atoms with van der Waals surface area (Å²) in [7, 11) is 1.45. The minimum Gasteiger partial charge on any atom is -0.464 e. The Hall–Kier alpha value is -2.59. The SMILES string of the molecule is CCCC/C(=C(\C(=O)OC)N1COC[C@H]1Cc1ccccc1)c1ccccc1. The van der Waals surface area contributed by atoms with E-state index < -0.39 is 0 Å². The van der Waals surface area contributed by atoms with E-state index in [1.807, 2.05) is 36.4 Å². The number of carbonyl (C=O) groups is 1. The zero-order valence-corrected chi connectivity index (χ0v) is 16.8. The molecule has 1 saturated heterocycles. The second-order valence-electron chi connectivity index (χ2n) is 7.10. The summed E-state index contributed by atoms with van der Waals surface area (Å²) in [5.41, 5.74) is 3.99. The second-order valence-corrected chi connectivity index (χ2v) is 7.10. The topological polar surface area (TPSA) is 38.8 Å². The molecule has 2 aromatic carbocycles. The van der Waals surface area contributed by atoms with Crippen LogP contribution in [0.5, 0.6) is 0 Å². The van der Waals surface area contributed by atoms with E-state index in [-0.39, 0.29) is 12.0 Å². The monoisotopic (exact) mass is 379 g/mol. The summed E-state index contributed by atoms with van der Waals surface area (Å²) in [5, 5.41) is 0. The lowest BCUT2D eigenvalue weighted by molar-refractivity contribution is -0.138. The Morgan fingerprint density at radius 3 is 2.43 bits per heavy atom. The maximum Gasteiger partial charge on any atom is 0.354 e. The van der Waals surface area contributed by atoms with Crippen LogP contribution in [0.3, 0.4) is 0 Å². The normalized spacial score (nSPS) is 17.4. The fraction of sp³-hybridized carbons (Fsp3) is 0.375. The summed E-state index contributed by atoms with van der Waals surface area (Å²) in [6.07, 6.45) is 3.74. The van der Waals surface area contributed by atoms with Crippen molar-refractivity contribution in [1.29, 1.82) is 0 Å². The summed E-state index contributed by atoms with van der Waals surface area (Å²) in [6.45, 7) is 3.17. The van der Waals surface area contributed by atoms with Gasteiger partial charge in [-0.2, -0.15) is 0 Å². The third-order valence-electron chi connectivity index (χ3n) is 5.15. The average molecular weight is 380 g/mol. The lowest BCUT2D eigenvalue weighted by Gasteiger charge is -2.28. The van der Waals surface area contributed by atoms with E-state index in [4.69, 9.17) is 9.47 Å². The molecule has 4 nitrogen and oxygen atoms in total. The quantitative estimate of drug-likeness (QED) is 0.494. The van der Waals surface area contributed by atoms with E-state index >= 15 is 0 Å². The first-order chi connectivity index (χ1) is 13.7. The highest BCUT2D eigenvalue weighted by molar-refractivity contribution is 5.97. The first kappa shape index (κ1) is 20.2. The predicted molar refractivity (Wildman–Crippen MR) is 111 cm³/mol. The molecule has 3 rings (SSSR count). The van der Waals surface area contributed by atoms with Crippen molar-refractivity contribution in [2.24, 2.45) is 0 Å². The molecule has 0 aliphatic carbocycles. The minimum atomic E-state index is -0.293. The number of hydrogen-bond acceptors (Lipinski definition) is 4. The van der Waals surface area contributed by atoms with Gasteiger partial charge in [0.15, 0.2) is 0 Å². The van der Waals surface area contributed by atoms with Gasteiger partial charge in [-0.25, -0.2) is 4.79 Å². The van der Waals surface area contributed by atoms with E-state index in [0.717, 1.165) is 36.8 Å². The smallest absolute Gasteiger partial charge is 0.354 e. The molecular formula is C24H29NO3. The van der Waals surface area contributed by atoms with Crippen molar-refractivity contribution in [2.45, 2.75) is 38.6 Å². The molecule has 0 spiro atoms. The standard InChI is InChI=1S/C24H29NO3/c1-3-4-15-22(20-13-9-6-10-14-20)23(24(26)27-2)25-18-28-17-21(25)16-19-11-7-5-8-12-19/h5-14,21H,3-4,15-18H2,1-2H3/b23-22-/t21-/m1/s1. The highest BCUT2D eigenvalue weighted by atomic mass is 16.5. The van der Waals surface area contributed by atoms with Gasteiger partial charge in [0.1, 0.15) is 12.4 Å². The van der Waals surface area contributed by atoms with E-state index in [2.05, 4.69) is 36.1 Å². The Morgan fingerprint density at radius 2 is 1.79 bits per heavy atom. The first-order valence-corrected chi connectivity index (χ1v) is 9.99. The summed E-state index contributed by atoms with van der Waals surface area (Å²) in [5.74, 6) is -0.293. The fourth-order valence-corrected chi connectivity index (χ4v) is 3.69. The van der Waals surface area contributed by atoms with Gasteiger partial charge in [0.2, 0.25) is 0 Å². The van der Waals surface area contributed by atoms with Crippen LogP contribution in [0.25, 0.3) is 5.57 Å². The lowest BCUT2D eigenvalue weighted by Crippen LogP contribution is -2.36. The van der Waals surface area contributed by atoms with Crippen LogP contribution in [0.4, 0.5) is 0 Å². The fourth-order valence-electron chi connectivity index (χ4n) is 3.69. The van der Waals surface area contributed by atoms with Crippen molar-refractivity contribution >= 4 is 11.5 Å². The molecule has 2 aromatic rings. The second kappa shape index (κ2) is 10.1. The Kier molecular flexibility index (Phi) is 7.26. The number of hydrogen-bond donors (Lipinski definition) is 0. The molecule has 0 aromatic heterocycles. The average Bonchev–Trinajstić information content (AvgIpc) is 3.19. The summed E-state index contributed by atoms with van der Waals surface area (Å²) in [6, 6.07) is 20.6. The van der Waals surface area contributed by atoms with Gasteiger partial charge in [-0.15, -0.1) is 0 Å². The number of unbranched alkanes of at least 4 members (excludes halogenated alkanes) is 1. The molecule has 4 heteroatoms. The zero-order valence-electron chi connectivity index (χ0n) is 16.8. The van der Waals surface area contributed by atoms with Gasteiger partial charge in [-0.05, 0) is 36.0 Å². The molecule has 0 N–H and O–H groups in total. The van der Waals surface area contributed by atoms with Crippen LogP contribution in [-0.2, 0) is 20.7 Å². The lowest BCUT2D eigenvalue weighted by atomic mass is 9.96. The molecule has 148 valence electrons. The van der Waals surface area contributed by atoms with Crippen LogP contribution in [0.2, 0.25) is 0 Å². The molecule has 28 heavy (non-hydrogen) atoms. The van der Waals surface area contributed by atoms with Gasteiger partial charge >= 0.3 is 5.97 Å². The van der Waals surface area contributed by atoms with Crippen LogP contribution < -0.4 is 0 Å². The molecule has 1 aliphatic rings. The van der Waals surface area contributed by atoms with Crippen molar-refractivity contribution in [1.82, 2.24) is 4.90 Å². The molecule has 0 unspecified atom stereocenters. The number of benzene rings is 2. The highest BCUT2D eigenvalue weighted by Crippen LogP contribution is 2.31. The van der Waals surface area contributed by atoms with Crippen LogP contribution in [0.15, 0.2) is 66.4 Å². The molecule has 0 radical (unpaired) electrons. The third kappa shape index (κ3) is 4.82. The first-order valence-electron chi connectivity index (χ1n) is 9.99. The van der Waals surface area contributed by atoms with E-state index in [1.165, 1.54) is 12.7 Å². The van der Waals surface area contributed by atoms with E-state index in [1.54, 1.807) is 0 Å². The van der Waals surface area contributed by atoms with Crippen molar-refractivity contribution in [3.05, 3.63) is 77.5 Å². The van der Waals surface area contributed by atoms with Gasteiger partial charge < -0.3 is 14.4 Å². The van der Waals surface area contributed by atoms with Gasteiger partial charge in [-0.3, -0.25) is 0 Å². The van der Waals surface area contributed by atoms with Crippen LogP contribution >= 0.6 is 0 Å². The largest absolute Gasteiger partial charge is 0.464 e. The minimum absolute atomic E-state index is 0.108. The molecule has 1 fully saturated rings. The Balaban J connectivity index is 2.00. The number of rotatable bonds is 8. The summed E-state index contributed by atoms with van der Waals surface area (Å²) < 4.78 is 11.0. The maximum absolute atomic E-state index is 12.9. The molecule has 1 aliphatic heterocycles. The van der Waals surface area contributed by atoms with E-state index in [9.17, 15) is 4.79 Å². The highest BCUT2D eigenvalue weighted by Gasteiger charge is 2.33. The zero-order chi connectivity index (χ0) is 19.8. The van der Waals surface area contributed by atoms with Gasteiger partial charge in [0.05, 0.1) is 19.8 Å². The summed E-state index contributed by atoms with van der Waals surface area (Å²) >= 11 is 0. The van der Waals surface area contributed by atoms with Gasteiger partial charge in [0.25, 0.3) is 0 Å². The third-order valence-corrected chi connectivity index (χ3v) is 5.15. The van der Waals surface area contributed by atoms with Crippen molar-refractivity contribution < 1.29 is 14.3 Å². The Morgan fingerprint density at radius 1 is 1.11 bits per heavy atom. The van der Waals surface area contributed by atoms with E-state index in [0.29, 0.717) is 19.0 Å². The summed E-state index contributed by atoms with van der Waals surface area (Å²) in [4.78, 5) is 15.0. The van der Waals surface area contributed by atoms with Crippen LogP contribution in [0.1, 0.15) is 37.3 Å². The Bertz CT molecular complexity index is 786. The molecule has 0 amide bonds. The number of methoxy groups -OCH3 is 1. The predicted octanol–water partition coefficient (Wildman–Crippen LogP) is 4.66. The molecule has 0 saturated carbocycles. The van der Waals surface area contributed by atoms with Crippen molar-refractivity contribution in [2.75, 3.05) is 20.4 Å². The molecular weight excluding hydrogens is 350 g/mol. The Labute approximate surface area is 167 Å². The van der Waals surface area contributed by atoms with Crippen LogP contribution in [0, 0.1) is 0 Å². The number of allylic oxidation sites excluding steroid dienone is 1.